The quantitative estimate of drug-likeness (QED) is 0.629. The Morgan fingerprint density at radius 2 is 1.65 bits per heavy atom. The first kappa shape index (κ1) is 13.3. The van der Waals surface area contributed by atoms with Gasteiger partial charge in [-0.05, 0) is 18.8 Å². The third kappa shape index (κ3) is 4.29. The van der Waals surface area contributed by atoms with E-state index in [0.29, 0.717) is 5.92 Å². The minimum absolute atomic E-state index is 0.0302. The monoisotopic (exact) mass is 244 g/mol. The second-order valence-electron chi connectivity index (χ2n) is 4.37. The summed E-state index contributed by atoms with van der Waals surface area (Å²) in [6.07, 6.45) is 1.69. The number of hydrogen-bond acceptors (Lipinski definition) is 3. The molecule has 0 aromatic carbocycles. The highest BCUT2D eigenvalue weighted by molar-refractivity contribution is 5.84. The van der Waals surface area contributed by atoms with Gasteiger partial charge in [-0.2, -0.15) is 0 Å². The summed E-state index contributed by atoms with van der Waals surface area (Å²) in [6, 6.07) is -0.603. The number of amides is 2. The van der Waals surface area contributed by atoms with Crippen LogP contribution in [0.4, 0.5) is 4.79 Å². The number of urea groups is 1. The van der Waals surface area contributed by atoms with Gasteiger partial charge in [0, 0.05) is 6.04 Å². The molecule has 1 fully saturated rings. The third-order valence-electron chi connectivity index (χ3n) is 2.64. The van der Waals surface area contributed by atoms with E-state index in [4.69, 9.17) is 10.2 Å². The van der Waals surface area contributed by atoms with Crippen LogP contribution < -0.4 is 5.32 Å². The molecular formula is C10H16N2O5. The fraction of sp³-hybridized carbons (Fsp3) is 0.700. The molecule has 17 heavy (non-hydrogen) atoms. The van der Waals surface area contributed by atoms with Crippen LogP contribution >= 0.6 is 0 Å². The second-order valence-corrected chi connectivity index (χ2v) is 4.37. The van der Waals surface area contributed by atoms with Crippen molar-refractivity contribution in [3.63, 3.8) is 0 Å². The van der Waals surface area contributed by atoms with Gasteiger partial charge in [-0.1, -0.05) is 6.92 Å². The van der Waals surface area contributed by atoms with Gasteiger partial charge < -0.3 is 20.4 Å². The average molecular weight is 244 g/mol. The molecule has 7 heteroatoms. The molecule has 0 atom stereocenters. The fourth-order valence-electron chi connectivity index (χ4n) is 1.81. The average Bonchev–Trinajstić information content (AvgIpc) is 2.12. The summed E-state index contributed by atoms with van der Waals surface area (Å²) >= 11 is 0. The number of nitrogens with one attached hydrogen (secondary N) is 1. The maximum absolute atomic E-state index is 11.6. The molecule has 3 N–H and O–H groups in total. The van der Waals surface area contributed by atoms with Crippen LogP contribution in [-0.2, 0) is 9.59 Å². The fourth-order valence-corrected chi connectivity index (χ4v) is 1.81. The summed E-state index contributed by atoms with van der Waals surface area (Å²) in [7, 11) is 0. The van der Waals surface area contributed by atoms with Crippen LogP contribution in [0.25, 0.3) is 0 Å². The van der Waals surface area contributed by atoms with Crippen molar-refractivity contribution in [1.82, 2.24) is 10.2 Å². The van der Waals surface area contributed by atoms with E-state index < -0.39 is 31.1 Å². The van der Waals surface area contributed by atoms with Crippen molar-refractivity contribution >= 4 is 18.0 Å². The van der Waals surface area contributed by atoms with Gasteiger partial charge in [-0.15, -0.1) is 0 Å². The molecule has 96 valence electrons. The first-order chi connectivity index (χ1) is 7.88. The molecular weight excluding hydrogens is 228 g/mol. The summed E-state index contributed by atoms with van der Waals surface area (Å²) in [6.45, 7) is 0.829. The van der Waals surface area contributed by atoms with E-state index in [-0.39, 0.29) is 6.04 Å². The minimum atomic E-state index is -1.23. The Balaban J connectivity index is 2.46. The van der Waals surface area contributed by atoms with Gasteiger partial charge in [-0.3, -0.25) is 9.59 Å². The molecule has 0 radical (unpaired) electrons. The van der Waals surface area contributed by atoms with Crippen LogP contribution in [0, 0.1) is 5.92 Å². The molecule has 1 aliphatic rings. The Morgan fingerprint density at radius 1 is 1.18 bits per heavy atom. The van der Waals surface area contributed by atoms with Gasteiger partial charge in [0.15, 0.2) is 0 Å². The molecule has 0 unspecified atom stereocenters. The normalized spacial score (nSPS) is 22.4. The summed E-state index contributed by atoms with van der Waals surface area (Å²) in [5.41, 5.74) is 0. The first-order valence-electron chi connectivity index (χ1n) is 5.37. The number of carboxylic acid groups (broad SMARTS) is 2. The lowest BCUT2D eigenvalue weighted by molar-refractivity contribution is -0.140. The number of carboxylic acids is 2. The van der Waals surface area contributed by atoms with Gasteiger partial charge in [0.05, 0.1) is 0 Å². The minimum Gasteiger partial charge on any atom is -0.480 e. The number of carbonyl (C=O) groups excluding carboxylic acids is 1. The van der Waals surface area contributed by atoms with E-state index in [9.17, 15) is 14.4 Å². The Hall–Kier alpha value is -1.79. The van der Waals surface area contributed by atoms with Crippen molar-refractivity contribution in [3.8, 4) is 0 Å². The Bertz CT molecular complexity index is 309. The molecule has 0 heterocycles. The van der Waals surface area contributed by atoms with Crippen molar-refractivity contribution in [2.24, 2.45) is 5.92 Å². The highest BCUT2D eigenvalue weighted by Gasteiger charge is 2.29. The van der Waals surface area contributed by atoms with Crippen molar-refractivity contribution in [3.05, 3.63) is 0 Å². The number of nitrogens with zero attached hydrogens (tertiary/aromatic N) is 1. The summed E-state index contributed by atoms with van der Waals surface area (Å²) < 4.78 is 0. The largest absolute Gasteiger partial charge is 0.480 e. The number of aliphatic carboxylic acids is 2. The highest BCUT2D eigenvalue weighted by atomic mass is 16.4. The molecule has 1 rings (SSSR count). The molecule has 0 aromatic heterocycles. The maximum atomic E-state index is 11.6. The SMILES string of the molecule is CC1CC(NC(=O)N(CC(=O)O)CC(=O)O)C1. The van der Waals surface area contributed by atoms with Gasteiger partial charge in [0.2, 0.25) is 0 Å². The van der Waals surface area contributed by atoms with Crippen LogP contribution in [0.15, 0.2) is 0 Å². The van der Waals surface area contributed by atoms with E-state index in [1.807, 2.05) is 0 Å². The van der Waals surface area contributed by atoms with Gasteiger partial charge in [0.1, 0.15) is 13.1 Å². The van der Waals surface area contributed by atoms with Crippen LogP contribution in [0.1, 0.15) is 19.8 Å². The second kappa shape index (κ2) is 5.51. The van der Waals surface area contributed by atoms with Crippen LogP contribution in [0.2, 0.25) is 0 Å². The predicted molar refractivity (Wildman–Crippen MR) is 57.6 cm³/mol. The Labute approximate surface area is 98.4 Å². The molecule has 0 spiro atoms. The van der Waals surface area contributed by atoms with Crippen molar-refractivity contribution in [2.45, 2.75) is 25.8 Å². The van der Waals surface area contributed by atoms with Gasteiger partial charge in [-0.25, -0.2) is 4.79 Å². The molecule has 0 aromatic rings. The molecule has 7 nitrogen and oxygen atoms in total. The summed E-state index contributed by atoms with van der Waals surface area (Å²) in [5.74, 6) is -1.92. The van der Waals surface area contributed by atoms with Crippen LogP contribution in [0.3, 0.4) is 0 Å². The van der Waals surface area contributed by atoms with Crippen LogP contribution in [-0.4, -0.2) is 52.2 Å². The van der Waals surface area contributed by atoms with Crippen molar-refractivity contribution in [2.75, 3.05) is 13.1 Å². The molecule has 0 saturated heterocycles. The lowest BCUT2D eigenvalue weighted by Gasteiger charge is -2.34. The zero-order chi connectivity index (χ0) is 13.0. The number of carbonyl (C=O) groups is 3. The lowest BCUT2D eigenvalue weighted by Crippen LogP contribution is -2.51. The smallest absolute Gasteiger partial charge is 0.323 e. The third-order valence-corrected chi connectivity index (χ3v) is 2.64. The standard InChI is InChI=1S/C10H16N2O5/c1-6-2-7(3-6)11-10(17)12(4-8(13)14)5-9(15)16/h6-7H,2-5H2,1H3,(H,11,17)(H,13,14)(H,15,16). The van der Waals surface area contributed by atoms with Gasteiger partial charge >= 0.3 is 18.0 Å². The first-order valence-corrected chi connectivity index (χ1v) is 5.37. The topological polar surface area (TPSA) is 107 Å². The summed E-state index contributed by atoms with van der Waals surface area (Å²) in [4.78, 5) is 33.4. The van der Waals surface area contributed by atoms with E-state index in [2.05, 4.69) is 12.2 Å². The molecule has 1 saturated carbocycles. The number of rotatable bonds is 5. The van der Waals surface area contributed by atoms with E-state index >= 15 is 0 Å². The van der Waals surface area contributed by atoms with Crippen molar-refractivity contribution in [1.29, 1.82) is 0 Å². The maximum Gasteiger partial charge on any atom is 0.323 e. The van der Waals surface area contributed by atoms with Crippen LogP contribution in [0.5, 0.6) is 0 Å². The zero-order valence-corrected chi connectivity index (χ0v) is 9.55. The number of hydrogen-bond donors (Lipinski definition) is 3. The predicted octanol–water partition coefficient (Wildman–Crippen LogP) is -0.0343. The van der Waals surface area contributed by atoms with E-state index in [0.717, 1.165) is 17.7 Å². The zero-order valence-electron chi connectivity index (χ0n) is 9.55. The molecule has 0 aliphatic heterocycles. The molecule has 0 bridgehead atoms. The van der Waals surface area contributed by atoms with Gasteiger partial charge in [0.25, 0.3) is 0 Å². The molecule has 2 amide bonds. The highest BCUT2D eigenvalue weighted by Crippen LogP contribution is 2.26. The Kier molecular flexibility index (Phi) is 4.30. The van der Waals surface area contributed by atoms with E-state index in [1.165, 1.54) is 0 Å². The Morgan fingerprint density at radius 3 is 2.00 bits per heavy atom. The van der Waals surface area contributed by atoms with Crippen molar-refractivity contribution < 1.29 is 24.6 Å². The molecule has 1 aliphatic carbocycles. The lowest BCUT2D eigenvalue weighted by atomic mass is 9.82. The summed E-state index contributed by atoms with van der Waals surface area (Å²) in [5, 5.41) is 19.8. The van der Waals surface area contributed by atoms with E-state index in [1.54, 1.807) is 0 Å².